The molecule has 0 N–H and O–H groups in total. The Morgan fingerprint density at radius 1 is 0.750 bits per heavy atom. The van der Waals surface area contributed by atoms with Gasteiger partial charge in [0.25, 0.3) is 0 Å². The van der Waals surface area contributed by atoms with Crippen molar-refractivity contribution >= 4 is 79.5 Å². The third kappa shape index (κ3) is 4.82. The lowest BCUT2D eigenvalue weighted by Gasteiger charge is -2.01. The Hall–Kier alpha value is -3.04. The molecule has 7 heteroatoms. The predicted molar refractivity (Wildman–Crippen MR) is 161 cm³/mol. The minimum Gasteiger partial charge on any atom is -0.192 e. The Balaban J connectivity index is 1.46. The fourth-order valence-electron chi connectivity index (χ4n) is 3.92. The monoisotopic (exact) mass is 556 g/mol. The van der Waals surface area contributed by atoms with Crippen molar-refractivity contribution < 1.29 is 0 Å². The van der Waals surface area contributed by atoms with E-state index in [2.05, 4.69) is 50.3 Å². The van der Waals surface area contributed by atoms with E-state index in [4.69, 9.17) is 0 Å². The maximum absolute atomic E-state index is 9.79. The van der Waals surface area contributed by atoms with Crippen molar-refractivity contribution in [3.8, 4) is 31.6 Å². The van der Waals surface area contributed by atoms with Crippen LogP contribution in [0.15, 0.2) is 59.3 Å². The van der Waals surface area contributed by atoms with E-state index in [1.54, 1.807) is 56.7 Å². The first-order chi connectivity index (χ1) is 17.5. The zero-order valence-corrected chi connectivity index (χ0v) is 23.9. The summed E-state index contributed by atoms with van der Waals surface area (Å²) in [6, 6.07) is 21.5. The Morgan fingerprint density at radius 3 is 2.00 bits per heavy atom. The summed E-state index contributed by atoms with van der Waals surface area (Å²) in [6.45, 7) is 6.33. The van der Waals surface area contributed by atoms with E-state index < -0.39 is 0 Å². The van der Waals surface area contributed by atoms with Crippen molar-refractivity contribution in [1.29, 1.82) is 10.5 Å². The van der Waals surface area contributed by atoms with Gasteiger partial charge in [0.05, 0.1) is 11.1 Å². The molecule has 0 atom stereocenters. The molecule has 0 bridgehead atoms. The molecule has 0 aliphatic rings. The highest BCUT2D eigenvalue weighted by Gasteiger charge is 2.17. The van der Waals surface area contributed by atoms with Gasteiger partial charge < -0.3 is 0 Å². The van der Waals surface area contributed by atoms with Gasteiger partial charge in [0.1, 0.15) is 12.1 Å². The van der Waals surface area contributed by atoms with E-state index in [0.717, 1.165) is 30.7 Å². The van der Waals surface area contributed by atoms with Crippen molar-refractivity contribution in [2.45, 2.75) is 20.8 Å². The van der Waals surface area contributed by atoms with Crippen LogP contribution >= 0.6 is 56.7 Å². The summed E-state index contributed by atoms with van der Waals surface area (Å²) in [7, 11) is 0. The van der Waals surface area contributed by atoms with Crippen molar-refractivity contribution in [3.63, 3.8) is 0 Å². The van der Waals surface area contributed by atoms with Crippen LogP contribution in [0.1, 0.15) is 37.6 Å². The number of nitriles is 2. The second kappa shape index (κ2) is 10.5. The predicted octanol–water partition coefficient (Wildman–Crippen LogP) is 10.5. The van der Waals surface area contributed by atoms with Gasteiger partial charge >= 0.3 is 0 Å². The minimum absolute atomic E-state index is 0.703. The largest absolute Gasteiger partial charge is 0.192 e. The number of aryl methyl sites for hydroxylation is 2. The summed E-state index contributed by atoms with van der Waals surface area (Å²) in [4.78, 5) is 9.21. The van der Waals surface area contributed by atoms with Gasteiger partial charge in [-0.3, -0.25) is 0 Å². The van der Waals surface area contributed by atoms with Crippen LogP contribution in [0.4, 0.5) is 0 Å². The minimum atomic E-state index is 0.703. The van der Waals surface area contributed by atoms with Gasteiger partial charge in [-0.2, -0.15) is 10.5 Å². The van der Waals surface area contributed by atoms with E-state index in [-0.39, 0.29) is 0 Å². The van der Waals surface area contributed by atoms with E-state index in [1.807, 2.05) is 48.0 Å². The number of thiophene rings is 5. The molecule has 176 valence electrons. The van der Waals surface area contributed by atoms with Gasteiger partial charge in [0.15, 0.2) is 0 Å². The van der Waals surface area contributed by atoms with Crippen LogP contribution in [0.2, 0.25) is 0 Å². The van der Waals surface area contributed by atoms with Gasteiger partial charge in [0.2, 0.25) is 0 Å². The number of rotatable bonds is 6. The Labute approximate surface area is 231 Å². The summed E-state index contributed by atoms with van der Waals surface area (Å²) >= 11 is 8.47. The van der Waals surface area contributed by atoms with Crippen molar-refractivity contribution in [3.05, 3.63) is 89.9 Å². The topological polar surface area (TPSA) is 47.6 Å². The molecule has 0 aliphatic carbocycles. The smallest absolute Gasteiger partial charge is 0.101 e. The molecule has 5 rings (SSSR count). The van der Waals surface area contributed by atoms with Gasteiger partial charge in [0, 0.05) is 39.0 Å². The number of allylic oxidation sites excluding steroid dienone is 3. The SMILES string of the molecule is C/C(=C(/C#N)c1cccs1)c1cc(C)c(-c2ccc(-c3sc(/C=C(\C#N)c4cccs4)cc3C)s2)s1. The van der Waals surface area contributed by atoms with Crippen molar-refractivity contribution in [2.24, 2.45) is 0 Å². The van der Waals surface area contributed by atoms with Crippen molar-refractivity contribution in [1.82, 2.24) is 0 Å². The first-order valence-electron chi connectivity index (χ1n) is 11.1. The zero-order chi connectivity index (χ0) is 25.2. The Bertz CT molecular complexity index is 1670. The van der Waals surface area contributed by atoms with Gasteiger partial charge in [-0.1, -0.05) is 12.1 Å². The van der Waals surface area contributed by atoms with Crippen LogP contribution in [0.3, 0.4) is 0 Å². The molecule has 0 fully saturated rings. The summed E-state index contributed by atoms with van der Waals surface area (Å²) in [6.07, 6.45) is 1.99. The van der Waals surface area contributed by atoms with E-state index in [0.29, 0.717) is 5.57 Å². The molecule has 0 spiro atoms. The molecule has 0 aliphatic heterocycles. The molecule has 5 heterocycles. The lowest BCUT2D eigenvalue weighted by molar-refractivity contribution is 1.52. The number of hydrogen-bond acceptors (Lipinski definition) is 7. The normalized spacial score (nSPS) is 12.3. The average Bonchev–Trinajstić information content (AvgIpc) is 3.69. The molecule has 0 saturated carbocycles. The molecule has 5 aromatic rings. The highest BCUT2D eigenvalue weighted by atomic mass is 32.1. The average molecular weight is 557 g/mol. The zero-order valence-electron chi connectivity index (χ0n) is 19.8. The maximum Gasteiger partial charge on any atom is 0.101 e. The standard InChI is InChI=1S/C29H20N2S5/c1-17-12-21(14-20(15-30)23-6-4-10-32-23)34-28(17)25-8-9-26(35-25)29-18(2)13-27(36-29)19(3)22(16-31)24-7-5-11-33-24/h4-14H,1-3H3/b20-14+,22-19+. The van der Waals surface area contributed by atoms with Crippen LogP contribution in [0.5, 0.6) is 0 Å². The molecule has 0 radical (unpaired) electrons. The molecule has 36 heavy (non-hydrogen) atoms. The molecule has 0 aromatic carbocycles. The second-order valence-electron chi connectivity index (χ2n) is 8.18. The van der Waals surface area contributed by atoms with Crippen LogP contribution in [0.25, 0.3) is 42.3 Å². The third-order valence-corrected chi connectivity index (χ3v) is 11.5. The number of nitrogens with zero attached hydrogens (tertiary/aromatic N) is 2. The lowest BCUT2D eigenvalue weighted by Crippen LogP contribution is -1.81. The third-order valence-electron chi connectivity index (χ3n) is 5.73. The van der Waals surface area contributed by atoms with Crippen LogP contribution < -0.4 is 0 Å². The van der Waals surface area contributed by atoms with Crippen LogP contribution in [-0.4, -0.2) is 0 Å². The summed E-state index contributed by atoms with van der Waals surface area (Å²) in [5.74, 6) is 0. The maximum atomic E-state index is 9.79. The van der Waals surface area contributed by atoms with Gasteiger partial charge in [-0.05, 0) is 90.7 Å². The molecule has 0 unspecified atom stereocenters. The first-order valence-corrected chi connectivity index (χ1v) is 15.3. The Kier molecular flexibility index (Phi) is 7.20. The highest BCUT2D eigenvalue weighted by Crippen LogP contribution is 2.45. The molecule has 2 nitrogen and oxygen atoms in total. The van der Waals surface area contributed by atoms with Crippen LogP contribution in [0, 0.1) is 36.5 Å². The highest BCUT2D eigenvalue weighted by molar-refractivity contribution is 7.27. The first kappa shape index (κ1) is 24.6. The molecule has 5 aromatic heterocycles. The van der Waals surface area contributed by atoms with Crippen molar-refractivity contribution in [2.75, 3.05) is 0 Å². The molecule has 0 saturated heterocycles. The summed E-state index contributed by atoms with van der Waals surface area (Å²) < 4.78 is 0. The molecule has 0 amide bonds. The van der Waals surface area contributed by atoms with E-state index in [1.165, 1.54) is 30.6 Å². The van der Waals surface area contributed by atoms with E-state index in [9.17, 15) is 10.5 Å². The summed E-state index contributed by atoms with van der Waals surface area (Å²) in [5.41, 5.74) is 4.93. The van der Waals surface area contributed by atoms with Gasteiger partial charge in [-0.25, -0.2) is 0 Å². The quantitative estimate of drug-likeness (QED) is 0.195. The fraction of sp³-hybridized carbons (Fsp3) is 0.103. The van der Waals surface area contributed by atoms with Crippen LogP contribution in [-0.2, 0) is 0 Å². The fourth-order valence-corrected chi connectivity index (χ4v) is 9.04. The van der Waals surface area contributed by atoms with Gasteiger partial charge in [-0.15, -0.1) is 56.7 Å². The molecular weight excluding hydrogens is 537 g/mol. The molecular formula is C29H20N2S5. The second-order valence-corrected chi connectivity index (χ2v) is 13.3. The Morgan fingerprint density at radius 2 is 1.39 bits per heavy atom. The van der Waals surface area contributed by atoms with E-state index >= 15 is 0 Å². The summed E-state index contributed by atoms with van der Waals surface area (Å²) in [5, 5.41) is 23.4. The number of hydrogen-bond donors (Lipinski definition) is 0. The lowest BCUT2D eigenvalue weighted by atomic mass is 10.1.